The molecule has 0 radical (unpaired) electrons. The van der Waals surface area contributed by atoms with Gasteiger partial charge < -0.3 is 19.4 Å². The molecule has 1 amide bonds. The van der Waals surface area contributed by atoms with Crippen molar-refractivity contribution in [1.29, 1.82) is 0 Å². The number of aliphatic hydroxyl groups excluding tert-OH is 1. The average molecular weight is 696 g/mol. The molecule has 1 aliphatic rings. The van der Waals surface area contributed by atoms with Crippen LogP contribution in [0.3, 0.4) is 0 Å². The van der Waals surface area contributed by atoms with E-state index in [9.17, 15) is 23.5 Å². The fraction of sp³-hybridized carbons (Fsp3) is 0.378. The number of carbonyl (C=O) groups excluding carboxylic acids is 2. The van der Waals surface area contributed by atoms with Gasteiger partial charge in [0.2, 0.25) is 0 Å². The van der Waals surface area contributed by atoms with E-state index >= 15 is 8.78 Å². The highest BCUT2D eigenvalue weighted by atomic mass is 19.1. The van der Waals surface area contributed by atoms with Crippen LogP contribution in [-0.2, 0) is 22.7 Å². The van der Waals surface area contributed by atoms with Gasteiger partial charge in [-0.2, -0.15) is 5.90 Å². The van der Waals surface area contributed by atoms with E-state index in [1.54, 1.807) is 41.0 Å². The minimum absolute atomic E-state index is 0.0745. The molecule has 9 nitrogen and oxygen atoms in total. The van der Waals surface area contributed by atoms with Crippen molar-refractivity contribution >= 4 is 11.9 Å². The molecule has 0 aliphatic carbocycles. The molecule has 1 aromatic heterocycles. The maximum atomic E-state index is 15.8. The van der Waals surface area contributed by atoms with Crippen molar-refractivity contribution in [2.45, 2.75) is 59.1 Å². The Morgan fingerprint density at radius 3 is 2.34 bits per heavy atom. The van der Waals surface area contributed by atoms with Crippen LogP contribution in [0.2, 0.25) is 0 Å². The van der Waals surface area contributed by atoms with Crippen LogP contribution in [0, 0.1) is 28.8 Å². The Labute approximate surface area is 288 Å². The molecule has 50 heavy (non-hydrogen) atoms. The van der Waals surface area contributed by atoms with Crippen LogP contribution < -0.4 is 5.90 Å². The standard InChI is InChI=1S/C37H41F4N5O4/c1-22(47)35(48)46(19-26-18-44(20-31(26)41)16-23-8-10-25(11-9-23)36(49)50-42)33(37(2,3)4)34-43-32(29-15-28(39)12-13-30(29)40)21-45(34)17-24-6-5-7-27(38)14-24/h5-15,21-22,26,31,33,47H,16-20,42H2,1-4H3. The first-order valence-corrected chi connectivity index (χ1v) is 16.3. The average Bonchev–Trinajstić information content (AvgIpc) is 3.62. The lowest BCUT2D eigenvalue weighted by atomic mass is 9.84. The van der Waals surface area contributed by atoms with Crippen molar-refractivity contribution in [3.8, 4) is 11.3 Å². The second kappa shape index (κ2) is 15.1. The number of rotatable bonds is 11. The van der Waals surface area contributed by atoms with E-state index in [-0.39, 0.29) is 48.8 Å². The van der Waals surface area contributed by atoms with Crippen LogP contribution in [0.4, 0.5) is 17.6 Å². The molecule has 1 fully saturated rings. The van der Waals surface area contributed by atoms with Crippen LogP contribution in [0.25, 0.3) is 11.3 Å². The number of halogens is 4. The molecule has 1 aliphatic heterocycles. The van der Waals surface area contributed by atoms with Crippen LogP contribution in [0.15, 0.2) is 72.9 Å². The molecule has 4 aromatic rings. The zero-order valence-corrected chi connectivity index (χ0v) is 28.3. The Kier molecular flexibility index (Phi) is 11.1. The van der Waals surface area contributed by atoms with Crippen molar-refractivity contribution in [2.24, 2.45) is 17.2 Å². The summed E-state index contributed by atoms with van der Waals surface area (Å²) in [5.41, 5.74) is 0.871. The minimum atomic E-state index is -1.44. The van der Waals surface area contributed by atoms with E-state index in [1.165, 1.54) is 30.2 Å². The highest BCUT2D eigenvalue weighted by Crippen LogP contribution is 2.41. The number of amides is 1. The van der Waals surface area contributed by atoms with E-state index in [0.29, 0.717) is 12.1 Å². The van der Waals surface area contributed by atoms with Crippen LogP contribution in [0.5, 0.6) is 0 Å². The number of benzene rings is 3. The van der Waals surface area contributed by atoms with E-state index in [0.717, 1.165) is 23.8 Å². The normalized spacial score (nSPS) is 17.8. The maximum absolute atomic E-state index is 15.8. The number of aromatic nitrogens is 2. The molecule has 3 aromatic carbocycles. The van der Waals surface area contributed by atoms with Gasteiger partial charge in [-0.15, -0.1) is 0 Å². The van der Waals surface area contributed by atoms with Gasteiger partial charge in [-0.25, -0.2) is 27.3 Å². The molecule has 0 bridgehead atoms. The monoisotopic (exact) mass is 695 g/mol. The predicted octanol–water partition coefficient (Wildman–Crippen LogP) is 5.81. The van der Waals surface area contributed by atoms with Gasteiger partial charge in [0.25, 0.3) is 5.91 Å². The van der Waals surface area contributed by atoms with Crippen LogP contribution >= 0.6 is 0 Å². The minimum Gasteiger partial charge on any atom is -0.384 e. The molecule has 3 N–H and O–H groups in total. The van der Waals surface area contributed by atoms with Gasteiger partial charge in [0.05, 0.1) is 17.3 Å². The number of nitrogens with zero attached hydrogens (tertiary/aromatic N) is 4. The lowest BCUT2D eigenvalue weighted by Crippen LogP contribution is -2.49. The third kappa shape index (κ3) is 8.40. The summed E-state index contributed by atoms with van der Waals surface area (Å²) < 4.78 is 61.1. The molecule has 1 saturated heterocycles. The Balaban J connectivity index is 1.51. The van der Waals surface area contributed by atoms with Crippen molar-refractivity contribution < 1.29 is 37.1 Å². The van der Waals surface area contributed by atoms with Crippen LogP contribution in [-0.4, -0.2) is 68.2 Å². The smallest absolute Gasteiger partial charge is 0.356 e. The number of carbonyl (C=O) groups is 2. The Hall–Kier alpha value is -4.59. The lowest BCUT2D eigenvalue weighted by Gasteiger charge is -2.41. The summed E-state index contributed by atoms with van der Waals surface area (Å²) in [5, 5.41) is 10.6. The molecule has 266 valence electrons. The molecule has 5 rings (SSSR count). The van der Waals surface area contributed by atoms with Gasteiger partial charge in [-0.1, -0.05) is 45.0 Å². The number of alkyl halides is 1. The summed E-state index contributed by atoms with van der Waals surface area (Å²) in [6.07, 6.45) is -1.24. The van der Waals surface area contributed by atoms with Crippen molar-refractivity contribution in [1.82, 2.24) is 19.4 Å². The predicted molar refractivity (Wildman–Crippen MR) is 178 cm³/mol. The second-order valence-electron chi connectivity index (χ2n) is 13.9. The summed E-state index contributed by atoms with van der Waals surface area (Å²) in [6.45, 7) is 7.66. The fourth-order valence-corrected chi connectivity index (χ4v) is 6.53. The van der Waals surface area contributed by atoms with Gasteiger partial charge >= 0.3 is 5.97 Å². The van der Waals surface area contributed by atoms with Crippen molar-refractivity contribution in [2.75, 3.05) is 19.6 Å². The van der Waals surface area contributed by atoms with E-state index in [1.807, 2.05) is 25.7 Å². The van der Waals surface area contributed by atoms with E-state index in [4.69, 9.17) is 10.9 Å². The number of aliphatic hydroxyl groups is 1. The van der Waals surface area contributed by atoms with Gasteiger partial charge in [-0.05, 0) is 65.9 Å². The van der Waals surface area contributed by atoms with Crippen molar-refractivity contribution in [3.63, 3.8) is 0 Å². The molecule has 4 unspecified atom stereocenters. The Morgan fingerprint density at radius 1 is 1.00 bits per heavy atom. The van der Waals surface area contributed by atoms with Crippen molar-refractivity contribution in [3.05, 3.63) is 113 Å². The fourth-order valence-electron chi connectivity index (χ4n) is 6.53. The molecule has 2 heterocycles. The van der Waals surface area contributed by atoms with E-state index < -0.39 is 59.0 Å². The summed E-state index contributed by atoms with van der Waals surface area (Å²) in [6, 6.07) is 14.6. The highest BCUT2D eigenvalue weighted by molar-refractivity contribution is 5.89. The summed E-state index contributed by atoms with van der Waals surface area (Å²) in [4.78, 5) is 37.9. The Morgan fingerprint density at radius 2 is 1.70 bits per heavy atom. The molecular formula is C37H41F4N5O4. The third-order valence-corrected chi connectivity index (χ3v) is 8.84. The molecule has 4 atom stereocenters. The zero-order chi connectivity index (χ0) is 36.3. The number of likely N-dealkylation sites (tertiary alicyclic amines) is 1. The zero-order valence-electron chi connectivity index (χ0n) is 28.3. The number of hydrogen-bond donors (Lipinski definition) is 2. The largest absolute Gasteiger partial charge is 0.384 e. The number of nitrogens with two attached hydrogens (primary N) is 1. The first-order chi connectivity index (χ1) is 23.6. The molecule has 0 spiro atoms. The summed E-state index contributed by atoms with van der Waals surface area (Å²) in [5.74, 6) is 1.41. The molecular weight excluding hydrogens is 654 g/mol. The molecule has 13 heteroatoms. The van der Waals surface area contributed by atoms with Gasteiger partial charge in [0.1, 0.15) is 35.6 Å². The first kappa shape index (κ1) is 36.7. The van der Waals surface area contributed by atoms with Gasteiger partial charge in [0.15, 0.2) is 0 Å². The Bertz CT molecular complexity index is 1830. The number of imidazole rings is 1. The number of hydrogen-bond acceptors (Lipinski definition) is 7. The second-order valence-corrected chi connectivity index (χ2v) is 13.9. The summed E-state index contributed by atoms with van der Waals surface area (Å²) in [7, 11) is 0. The molecule has 0 saturated carbocycles. The lowest BCUT2D eigenvalue weighted by molar-refractivity contribution is -0.146. The highest BCUT2D eigenvalue weighted by Gasteiger charge is 2.43. The SMILES string of the molecule is CC(O)C(=O)N(CC1CN(Cc2ccc(C(=O)ON)cc2)CC1F)C(c1nc(-c2cc(F)ccc2F)cn1Cc1cccc(F)c1)C(C)(C)C. The van der Waals surface area contributed by atoms with Gasteiger partial charge in [0, 0.05) is 50.4 Å². The summed E-state index contributed by atoms with van der Waals surface area (Å²) >= 11 is 0. The maximum Gasteiger partial charge on any atom is 0.356 e. The quantitative estimate of drug-likeness (QED) is 0.150. The topological polar surface area (TPSA) is 114 Å². The van der Waals surface area contributed by atoms with Gasteiger partial charge in [-0.3, -0.25) is 9.69 Å². The first-order valence-electron chi connectivity index (χ1n) is 16.3. The third-order valence-electron chi connectivity index (χ3n) is 8.84. The van der Waals surface area contributed by atoms with E-state index in [2.05, 4.69) is 4.84 Å². The van der Waals surface area contributed by atoms with Crippen LogP contribution in [0.1, 0.15) is 61.0 Å².